The second-order valence-electron chi connectivity index (χ2n) is 30.5. The molecule has 0 fully saturated rings. The minimum absolute atomic E-state index is 0.140. The zero-order valence-corrected chi connectivity index (χ0v) is 58.0. The van der Waals surface area contributed by atoms with Gasteiger partial charge in [-0.3, -0.25) is 0 Å². The predicted octanol–water partition coefficient (Wildman–Crippen LogP) is 24.6. The van der Waals surface area contributed by atoms with Crippen molar-refractivity contribution < 1.29 is 6.85 Å². The number of nitrogens with zero attached hydrogens (tertiary/aromatic N) is 3. The van der Waals surface area contributed by atoms with Crippen molar-refractivity contribution in [1.29, 1.82) is 0 Å². The third kappa shape index (κ3) is 9.85. The first kappa shape index (κ1) is 55.5. The highest BCUT2D eigenvalue weighted by atomic mass is 15.2. The second kappa shape index (κ2) is 23.1. The summed E-state index contributed by atoms with van der Waals surface area (Å²) >= 11 is 0. The van der Waals surface area contributed by atoms with Gasteiger partial charge in [0.25, 0.3) is 6.71 Å². The Kier molecular flexibility index (Phi) is 12.8. The number of benzene rings is 14. The zero-order valence-electron chi connectivity index (χ0n) is 63.0. The molecule has 0 bridgehead atoms. The van der Waals surface area contributed by atoms with Crippen LogP contribution in [-0.4, -0.2) is 11.1 Å². The third-order valence-electron chi connectivity index (χ3n) is 21.2. The van der Waals surface area contributed by atoms with Gasteiger partial charge in [0.2, 0.25) is 0 Å². The molecule has 0 amide bonds. The van der Waals surface area contributed by atoms with E-state index in [-0.39, 0.29) is 46.0 Å². The standard InChI is InChI=1S/C96H78BN3/c1-94(2,3)69-53-68(54-70(57-69)95(4,5)6)67-48-52-82-85(56-67)98(72-49-45-63(46-50-72)61-29-14-10-15-30-61)93-89-79-43-28-42-78-76-40-25-23-38-74(76)73-37-22-24-39-75(73)77-41-26-27-44-84(77)99(91(78)79)87(89)60-88-90(93)97(82)83-51-47-66(62-31-16-11-17-32-62)55-86(83)100(88)92-80(64-33-18-12-19-34-64)58-71(96(7,8)9)59-81(92)65-35-20-13-21-36-65/h10-60H,1-9H3/i11D,16D,17D,31D,32D. The molecule has 3 nitrogen and oxygen atoms in total. The normalized spacial score (nSPS) is 13.7. The molecule has 0 unspecified atom stereocenters. The lowest BCUT2D eigenvalue weighted by atomic mass is 9.33. The van der Waals surface area contributed by atoms with Crippen LogP contribution < -0.4 is 26.2 Å². The predicted molar refractivity (Wildman–Crippen MR) is 431 cm³/mol. The Morgan fingerprint density at radius 3 is 1.30 bits per heavy atom. The van der Waals surface area contributed by atoms with Gasteiger partial charge in [-0.15, -0.1) is 0 Å². The molecule has 2 aliphatic rings. The van der Waals surface area contributed by atoms with Gasteiger partial charge in [-0.1, -0.05) is 323 Å². The molecule has 0 radical (unpaired) electrons. The van der Waals surface area contributed by atoms with E-state index in [1.165, 1.54) is 11.1 Å². The van der Waals surface area contributed by atoms with Gasteiger partial charge in [-0.25, -0.2) is 0 Å². The van der Waals surface area contributed by atoms with Crippen molar-refractivity contribution in [3.63, 3.8) is 0 Å². The first-order chi connectivity index (χ1) is 50.6. The van der Waals surface area contributed by atoms with E-state index in [4.69, 9.17) is 1.37 Å². The summed E-state index contributed by atoms with van der Waals surface area (Å²) in [4.78, 5) is 5.11. The molecule has 18 rings (SSSR count). The maximum atomic E-state index is 9.70. The summed E-state index contributed by atoms with van der Waals surface area (Å²) in [6.45, 7) is 20.3. The van der Waals surface area contributed by atoms with Crippen molar-refractivity contribution >= 4 is 117 Å². The summed E-state index contributed by atoms with van der Waals surface area (Å²) < 4.78 is 49.2. The van der Waals surface area contributed by atoms with E-state index in [2.05, 4.69) is 350 Å². The van der Waals surface area contributed by atoms with Crippen molar-refractivity contribution in [2.24, 2.45) is 0 Å². The summed E-state index contributed by atoms with van der Waals surface area (Å²) in [5.74, 6) is 0. The zero-order chi connectivity index (χ0) is 72.3. The van der Waals surface area contributed by atoms with E-state index in [1.807, 2.05) is 6.07 Å². The maximum absolute atomic E-state index is 9.70. The molecular formula is C96H78BN3. The lowest BCUT2D eigenvalue weighted by Gasteiger charge is -2.45. The summed E-state index contributed by atoms with van der Waals surface area (Å²) in [5.41, 5.74) is 24.5. The number of rotatable bonds is 7. The first-order valence-electron chi connectivity index (χ1n) is 37.6. The van der Waals surface area contributed by atoms with Crippen LogP contribution in [0.5, 0.6) is 0 Å². The van der Waals surface area contributed by atoms with Crippen molar-refractivity contribution in [2.45, 2.75) is 78.6 Å². The molecule has 0 atom stereocenters. The maximum Gasteiger partial charge on any atom is 0.252 e. The average molecular weight is 1290 g/mol. The third-order valence-corrected chi connectivity index (χ3v) is 21.2. The number of fused-ring (bicyclic) bond motifs is 15. The molecule has 4 heteroatoms. The van der Waals surface area contributed by atoms with E-state index in [0.717, 1.165) is 160 Å². The lowest BCUT2D eigenvalue weighted by Crippen LogP contribution is -2.61. The molecule has 2 aliphatic heterocycles. The monoisotopic (exact) mass is 1290 g/mol. The Balaban J connectivity index is 1.10. The fraction of sp³-hybridized carbons (Fsp3) is 0.125. The van der Waals surface area contributed by atoms with Gasteiger partial charge < -0.3 is 14.2 Å². The summed E-state index contributed by atoms with van der Waals surface area (Å²) in [5, 5.41) is 8.97. The van der Waals surface area contributed by atoms with Gasteiger partial charge in [0.15, 0.2) is 0 Å². The molecule has 16 aromatic rings. The van der Waals surface area contributed by atoms with E-state index in [0.29, 0.717) is 5.56 Å². The van der Waals surface area contributed by atoms with E-state index < -0.39 is 12.8 Å². The molecule has 0 N–H and O–H groups in total. The van der Waals surface area contributed by atoms with Crippen LogP contribution in [0.2, 0.25) is 0 Å². The lowest BCUT2D eigenvalue weighted by molar-refractivity contribution is 0.569. The van der Waals surface area contributed by atoms with Crippen molar-refractivity contribution in [3.05, 3.63) is 326 Å². The van der Waals surface area contributed by atoms with Gasteiger partial charge >= 0.3 is 0 Å². The van der Waals surface area contributed by atoms with Gasteiger partial charge in [-0.2, -0.15) is 0 Å². The van der Waals surface area contributed by atoms with Crippen molar-refractivity contribution in [3.8, 4) is 55.6 Å². The molecular weight excluding hydrogens is 1210 g/mol. The van der Waals surface area contributed by atoms with E-state index in [9.17, 15) is 5.48 Å². The molecule has 0 spiro atoms. The number of aromatic nitrogens is 1. The van der Waals surface area contributed by atoms with E-state index in [1.54, 1.807) is 0 Å². The quantitative estimate of drug-likeness (QED) is 0.147. The Hall–Kier alpha value is -11.5. The van der Waals surface area contributed by atoms with Crippen LogP contribution >= 0.6 is 0 Å². The number of para-hydroxylation sites is 2. The Morgan fingerprint density at radius 2 is 0.740 bits per heavy atom. The van der Waals surface area contributed by atoms with Crippen LogP contribution in [0.1, 0.15) is 85.9 Å². The molecule has 100 heavy (non-hydrogen) atoms. The molecule has 4 heterocycles. The molecule has 0 saturated heterocycles. The molecule has 2 aromatic heterocycles. The summed E-state index contributed by atoms with van der Waals surface area (Å²) in [7, 11) is 0. The molecule has 480 valence electrons. The molecule has 0 saturated carbocycles. The minimum atomic E-state index is -0.441. The van der Waals surface area contributed by atoms with Crippen LogP contribution in [0, 0.1) is 0 Å². The Labute approximate surface area is 594 Å². The molecule has 14 aromatic carbocycles. The van der Waals surface area contributed by atoms with Crippen LogP contribution in [0.3, 0.4) is 0 Å². The Morgan fingerprint density at radius 1 is 0.300 bits per heavy atom. The van der Waals surface area contributed by atoms with Gasteiger partial charge in [0.1, 0.15) is 0 Å². The largest absolute Gasteiger partial charge is 0.311 e. The highest BCUT2D eigenvalue weighted by molar-refractivity contribution is 7.00. The van der Waals surface area contributed by atoms with Gasteiger partial charge in [0.05, 0.1) is 34.8 Å². The smallest absolute Gasteiger partial charge is 0.252 e. The van der Waals surface area contributed by atoms with Crippen LogP contribution in [0.4, 0.5) is 34.1 Å². The fourth-order valence-corrected chi connectivity index (χ4v) is 16.2. The van der Waals surface area contributed by atoms with Crippen molar-refractivity contribution in [1.82, 2.24) is 4.40 Å². The average Bonchev–Trinajstić information content (AvgIpc) is 1.64. The van der Waals surface area contributed by atoms with Crippen LogP contribution in [-0.2, 0) is 16.2 Å². The van der Waals surface area contributed by atoms with Gasteiger partial charge in [0, 0.05) is 55.4 Å². The van der Waals surface area contributed by atoms with Crippen molar-refractivity contribution in [2.75, 3.05) is 9.80 Å². The highest BCUT2D eigenvalue weighted by Crippen LogP contribution is 2.55. The van der Waals surface area contributed by atoms with Crippen LogP contribution in [0.25, 0.3) is 115 Å². The summed E-state index contributed by atoms with van der Waals surface area (Å²) in [6.07, 6.45) is 0. The highest BCUT2D eigenvalue weighted by Gasteiger charge is 2.46. The van der Waals surface area contributed by atoms with E-state index >= 15 is 0 Å². The summed E-state index contributed by atoms with van der Waals surface area (Å²) in [6, 6.07) is 101. The number of hydrogen-bond acceptors (Lipinski definition) is 2. The Bertz CT molecular complexity index is 6220. The topological polar surface area (TPSA) is 10.9 Å². The number of hydrogen-bond donors (Lipinski definition) is 0. The first-order valence-corrected chi connectivity index (χ1v) is 35.1. The van der Waals surface area contributed by atoms with Gasteiger partial charge in [-0.05, 0) is 164 Å². The second-order valence-corrected chi connectivity index (χ2v) is 30.5. The van der Waals surface area contributed by atoms with Crippen LogP contribution in [0.15, 0.2) is 309 Å². The fourth-order valence-electron chi connectivity index (χ4n) is 16.2. The minimum Gasteiger partial charge on any atom is -0.311 e. The SMILES string of the molecule is [2H]c1c([2H])c([2H])c(-c2ccc3c(c2)N(c2c(-c4ccccc4)cc(C(C)(C)C)cc2-c2ccccc2)c2cc4c(c5c2B3c2ccc(-c3cc(C(C)(C)C)cc(C(C)(C)C)c3)cc2N5c2ccc(-c3ccccc3)cc2)c2cccc3c5ccccc5c5ccccc5c5ccccc5n4c32)c([2H])c1[2H]. The molecule has 0 aliphatic carbocycles. The number of anilines is 6.